The fourth-order valence-corrected chi connectivity index (χ4v) is 5.14. The minimum atomic E-state index is -0.243. The molecule has 1 aliphatic heterocycles. The largest absolute Gasteiger partial charge is 0.459 e. The zero-order chi connectivity index (χ0) is 23.1. The van der Waals surface area contributed by atoms with Crippen LogP contribution in [0.15, 0.2) is 81.8 Å². The molecule has 166 valence electrons. The summed E-state index contributed by atoms with van der Waals surface area (Å²) in [6.07, 6.45) is 1.78. The van der Waals surface area contributed by atoms with Crippen LogP contribution in [-0.4, -0.2) is 10.1 Å². The number of aromatic nitrogens is 1. The van der Waals surface area contributed by atoms with Gasteiger partial charge in [0.15, 0.2) is 5.11 Å². The monoisotopic (exact) mass is 557 g/mol. The molecule has 33 heavy (non-hydrogen) atoms. The smallest absolute Gasteiger partial charge is 0.174 e. The van der Waals surface area contributed by atoms with E-state index in [0.29, 0.717) is 20.9 Å². The Morgan fingerprint density at radius 3 is 2.64 bits per heavy atom. The van der Waals surface area contributed by atoms with Gasteiger partial charge in [0.05, 0.1) is 16.8 Å². The summed E-state index contributed by atoms with van der Waals surface area (Å²) in [7, 11) is 0. The standard InChI is InChI=1S/C25H18BrCl2N3OS/c1-14-12-16(6-8-18(14)26)31-24(23(30-25(31)33)20-4-2-3-11-29-20)22-10-9-21(32-22)17-7-5-15(27)13-19(17)28/h2-13,23-24H,1H3,(H,30,33). The molecule has 0 amide bonds. The van der Waals surface area contributed by atoms with Gasteiger partial charge in [0.25, 0.3) is 0 Å². The Morgan fingerprint density at radius 2 is 1.91 bits per heavy atom. The van der Waals surface area contributed by atoms with E-state index in [1.165, 1.54) is 0 Å². The van der Waals surface area contributed by atoms with Crippen LogP contribution in [0.1, 0.15) is 29.1 Å². The normalized spacial score (nSPS) is 17.9. The SMILES string of the molecule is Cc1cc(N2C(=S)NC(c3ccccn3)C2c2ccc(-c3ccc(Cl)cc3Cl)o2)ccc1Br. The molecular weight excluding hydrogens is 541 g/mol. The Balaban J connectivity index is 1.61. The molecule has 1 saturated heterocycles. The second-order valence-electron chi connectivity index (χ2n) is 7.76. The third kappa shape index (κ3) is 4.28. The molecule has 5 rings (SSSR count). The number of hydrogen-bond donors (Lipinski definition) is 1. The summed E-state index contributed by atoms with van der Waals surface area (Å²) in [6, 6.07) is 20.8. The fraction of sp³-hybridized carbons (Fsp3) is 0.120. The van der Waals surface area contributed by atoms with Crippen LogP contribution in [0.25, 0.3) is 11.3 Å². The van der Waals surface area contributed by atoms with Gasteiger partial charge in [0, 0.05) is 26.9 Å². The Hall–Kier alpha value is -2.38. The molecule has 0 radical (unpaired) electrons. The van der Waals surface area contributed by atoms with Crippen LogP contribution in [-0.2, 0) is 0 Å². The summed E-state index contributed by atoms with van der Waals surface area (Å²) in [5.74, 6) is 1.41. The van der Waals surface area contributed by atoms with Crippen molar-refractivity contribution in [1.82, 2.24) is 10.3 Å². The molecule has 4 nitrogen and oxygen atoms in total. The van der Waals surface area contributed by atoms with Crippen molar-refractivity contribution in [2.45, 2.75) is 19.0 Å². The van der Waals surface area contributed by atoms with E-state index in [4.69, 9.17) is 39.8 Å². The number of anilines is 1. The van der Waals surface area contributed by atoms with Gasteiger partial charge in [0.1, 0.15) is 17.6 Å². The van der Waals surface area contributed by atoms with Crippen molar-refractivity contribution < 1.29 is 4.42 Å². The minimum Gasteiger partial charge on any atom is -0.459 e. The van der Waals surface area contributed by atoms with E-state index in [2.05, 4.69) is 44.1 Å². The Kier molecular flexibility index (Phi) is 6.18. The predicted octanol–water partition coefficient (Wildman–Crippen LogP) is 7.90. The summed E-state index contributed by atoms with van der Waals surface area (Å²) in [6.45, 7) is 2.05. The van der Waals surface area contributed by atoms with Gasteiger partial charge in [-0.2, -0.15) is 0 Å². The van der Waals surface area contributed by atoms with E-state index in [1.807, 2.05) is 48.5 Å². The number of nitrogens with one attached hydrogen (secondary N) is 1. The maximum Gasteiger partial charge on any atom is 0.174 e. The van der Waals surface area contributed by atoms with Crippen molar-refractivity contribution in [3.8, 4) is 11.3 Å². The van der Waals surface area contributed by atoms with Crippen LogP contribution in [0.2, 0.25) is 10.0 Å². The van der Waals surface area contributed by atoms with E-state index in [0.717, 1.165) is 32.7 Å². The predicted molar refractivity (Wildman–Crippen MR) is 141 cm³/mol. The molecule has 2 unspecified atom stereocenters. The molecule has 2 aromatic heterocycles. The number of thiocarbonyl (C=S) groups is 1. The number of nitrogens with zero attached hydrogens (tertiary/aromatic N) is 2. The van der Waals surface area contributed by atoms with Crippen LogP contribution >= 0.6 is 51.3 Å². The molecule has 4 aromatic rings. The maximum atomic E-state index is 6.44. The van der Waals surface area contributed by atoms with Gasteiger partial charge in [0.2, 0.25) is 0 Å². The first-order chi connectivity index (χ1) is 15.9. The van der Waals surface area contributed by atoms with E-state index < -0.39 is 0 Å². The van der Waals surface area contributed by atoms with Crippen molar-refractivity contribution in [2.24, 2.45) is 0 Å². The van der Waals surface area contributed by atoms with Gasteiger partial charge < -0.3 is 14.6 Å². The number of benzene rings is 2. The lowest BCUT2D eigenvalue weighted by Crippen LogP contribution is -2.29. The first-order valence-corrected chi connectivity index (χ1v) is 12.2. The molecule has 2 aromatic carbocycles. The van der Waals surface area contributed by atoms with Gasteiger partial charge in [-0.1, -0.05) is 45.2 Å². The zero-order valence-electron chi connectivity index (χ0n) is 17.4. The van der Waals surface area contributed by atoms with Crippen molar-refractivity contribution in [3.05, 3.63) is 104 Å². The van der Waals surface area contributed by atoms with Gasteiger partial charge in [-0.25, -0.2) is 0 Å². The van der Waals surface area contributed by atoms with Crippen molar-refractivity contribution >= 4 is 62.1 Å². The molecule has 0 spiro atoms. The van der Waals surface area contributed by atoms with Crippen molar-refractivity contribution in [3.63, 3.8) is 0 Å². The lowest BCUT2D eigenvalue weighted by Gasteiger charge is -2.26. The first kappa shape index (κ1) is 22.4. The number of aryl methyl sites for hydroxylation is 1. The lowest BCUT2D eigenvalue weighted by atomic mass is 10.0. The third-order valence-corrected chi connectivity index (χ3v) is 7.38. The average molecular weight is 559 g/mol. The summed E-state index contributed by atoms with van der Waals surface area (Å²) in [4.78, 5) is 6.67. The highest BCUT2D eigenvalue weighted by atomic mass is 79.9. The van der Waals surface area contributed by atoms with Crippen LogP contribution in [0.3, 0.4) is 0 Å². The number of furan rings is 1. The summed E-state index contributed by atoms with van der Waals surface area (Å²) >= 11 is 21.9. The van der Waals surface area contributed by atoms with Crippen molar-refractivity contribution in [1.29, 1.82) is 0 Å². The van der Waals surface area contributed by atoms with Crippen LogP contribution in [0.4, 0.5) is 5.69 Å². The van der Waals surface area contributed by atoms with Crippen LogP contribution in [0, 0.1) is 6.92 Å². The number of hydrogen-bond acceptors (Lipinski definition) is 3. The van der Waals surface area contributed by atoms with Crippen LogP contribution < -0.4 is 10.2 Å². The molecule has 1 fully saturated rings. The van der Waals surface area contributed by atoms with Gasteiger partial charge >= 0.3 is 0 Å². The Morgan fingerprint density at radius 1 is 1.06 bits per heavy atom. The van der Waals surface area contributed by atoms with E-state index in [1.54, 1.807) is 18.3 Å². The molecule has 3 heterocycles. The maximum absolute atomic E-state index is 6.44. The second-order valence-corrected chi connectivity index (χ2v) is 9.84. The zero-order valence-corrected chi connectivity index (χ0v) is 21.3. The average Bonchev–Trinajstić information content (AvgIpc) is 3.41. The molecule has 1 N–H and O–H groups in total. The molecule has 1 aliphatic rings. The third-order valence-electron chi connectivity index (χ3n) is 5.63. The van der Waals surface area contributed by atoms with Gasteiger partial charge in [-0.3, -0.25) is 4.98 Å². The number of rotatable bonds is 4. The molecule has 0 aliphatic carbocycles. The Bertz CT molecular complexity index is 1340. The fourth-order valence-electron chi connectivity index (χ4n) is 4.05. The lowest BCUT2D eigenvalue weighted by molar-refractivity contribution is 0.439. The highest BCUT2D eigenvalue weighted by Crippen LogP contribution is 2.44. The number of halogens is 3. The quantitative estimate of drug-likeness (QED) is 0.258. The highest BCUT2D eigenvalue weighted by Gasteiger charge is 2.42. The second kappa shape index (κ2) is 9.11. The molecule has 2 atom stereocenters. The molecule has 8 heteroatoms. The molecule has 0 saturated carbocycles. The number of pyridine rings is 1. The Labute approximate surface area is 215 Å². The van der Waals surface area contributed by atoms with E-state index in [-0.39, 0.29) is 12.1 Å². The topological polar surface area (TPSA) is 41.3 Å². The van der Waals surface area contributed by atoms with Gasteiger partial charge in [-0.05, 0) is 85.4 Å². The highest BCUT2D eigenvalue weighted by molar-refractivity contribution is 9.10. The summed E-state index contributed by atoms with van der Waals surface area (Å²) in [5.41, 5.74) is 3.74. The first-order valence-electron chi connectivity index (χ1n) is 10.2. The minimum absolute atomic E-state index is 0.192. The van der Waals surface area contributed by atoms with E-state index in [9.17, 15) is 0 Å². The van der Waals surface area contributed by atoms with Crippen LogP contribution in [0.5, 0.6) is 0 Å². The van der Waals surface area contributed by atoms with Crippen molar-refractivity contribution in [2.75, 3.05) is 4.90 Å². The van der Waals surface area contributed by atoms with Gasteiger partial charge in [-0.15, -0.1) is 0 Å². The summed E-state index contributed by atoms with van der Waals surface area (Å²) in [5, 5.41) is 5.17. The molecule has 0 bridgehead atoms. The van der Waals surface area contributed by atoms with E-state index >= 15 is 0 Å². The summed E-state index contributed by atoms with van der Waals surface area (Å²) < 4.78 is 7.42. The molecular formula is C25H18BrCl2N3OS.